The zero-order valence-corrected chi connectivity index (χ0v) is 9.96. The van der Waals surface area contributed by atoms with Crippen LogP contribution in [-0.2, 0) is 4.79 Å². The van der Waals surface area contributed by atoms with Crippen molar-refractivity contribution < 1.29 is 4.79 Å². The number of hydrogen-bond acceptors (Lipinski definition) is 2. The molecule has 1 aliphatic heterocycles. The first kappa shape index (κ1) is 9.76. The average Bonchev–Trinajstić information content (AvgIpc) is 2.21. The third-order valence-electron chi connectivity index (χ3n) is 2.15. The van der Waals surface area contributed by atoms with Gasteiger partial charge in [-0.3, -0.25) is 4.79 Å². The van der Waals surface area contributed by atoms with E-state index in [1.54, 1.807) is 0 Å². The standard InChI is InChI=1S/C10H11IN2O/c1-6-4-10(14)13-9-5-7(11)2-3-8(9)12-6/h2-3,5-6,12H,4H2,1H3,(H,13,14). The molecule has 1 amide bonds. The fourth-order valence-corrected chi connectivity index (χ4v) is 2.03. The van der Waals surface area contributed by atoms with Crippen LogP contribution in [0.3, 0.4) is 0 Å². The van der Waals surface area contributed by atoms with Crippen LogP contribution in [0.1, 0.15) is 13.3 Å². The van der Waals surface area contributed by atoms with E-state index >= 15 is 0 Å². The summed E-state index contributed by atoms with van der Waals surface area (Å²) in [5, 5.41) is 6.18. The molecule has 0 fully saturated rings. The van der Waals surface area contributed by atoms with Gasteiger partial charge in [0.1, 0.15) is 0 Å². The third kappa shape index (κ3) is 2.00. The lowest BCUT2D eigenvalue weighted by molar-refractivity contribution is -0.116. The van der Waals surface area contributed by atoms with E-state index in [9.17, 15) is 4.79 Å². The minimum absolute atomic E-state index is 0.0748. The summed E-state index contributed by atoms with van der Waals surface area (Å²) in [6.07, 6.45) is 0.519. The quantitative estimate of drug-likeness (QED) is 0.723. The Balaban J connectivity index is 2.41. The first-order valence-corrected chi connectivity index (χ1v) is 5.59. The highest BCUT2D eigenvalue weighted by Gasteiger charge is 2.16. The van der Waals surface area contributed by atoms with Gasteiger partial charge in [-0.25, -0.2) is 0 Å². The topological polar surface area (TPSA) is 41.1 Å². The normalized spacial score (nSPS) is 20.4. The number of halogens is 1. The predicted octanol–water partition coefficient (Wildman–Crippen LogP) is 2.43. The molecule has 1 aromatic carbocycles. The minimum Gasteiger partial charge on any atom is -0.380 e. The number of nitrogens with one attached hydrogen (secondary N) is 2. The van der Waals surface area contributed by atoms with Gasteiger partial charge in [-0.15, -0.1) is 0 Å². The van der Waals surface area contributed by atoms with Crippen molar-refractivity contribution in [3.63, 3.8) is 0 Å². The van der Waals surface area contributed by atoms with Gasteiger partial charge in [-0.1, -0.05) is 0 Å². The number of rotatable bonds is 0. The Morgan fingerprint density at radius 3 is 3.00 bits per heavy atom. The van der Waals surface area contributed by atoms with Crippen LogP contribution in [0.2, 0.25) is 0 Å². The highest BCUT2D eigenvalue weighted by Crippen LogP contribution is 2.27. The third-order valence-corrected chi connectivity index (χ3v) is 2.82. The van der Waals surface area contributed by atoms with Crippen LogP contribution in [0.5, 0.6) is 0 Å². The van der Waals surface area contributed by atoms with E-state index in [0.29, 0.717) is 6.42 Å². The minimum atomic E-state index is 0.0748. The van der Waals surface area contributed by atoms with Gasteiger partial charge < -0.3 is 10.6 Å². The lowest BCUT2D eigenvalue weighted by Crippen LogP contribution is -2.18. The van der Waals surface area contributed by atoms with E-state index < -0.39 is 0 Å². The summed E-state index contributed by atoms with van der Waals surface area (Å²) >= 11 is 2.23. The van der Waals surface area contributed by atoms with Crippen LogP contribution in [0.15, 0.2) is 18.2 Å². The van der Waals surface area contributed by atoms with Gasteiger partial charge in [0.15, 0.2) is 0 Å². The monoisotopic (exact) mass is 302 g/mol. The second-order valence-corrected chi connectivity index (χ2v) is 4.73. The van der Waals surface area contributed by atoms with Crippen molar-refractivity contribution in [1.82, 2.24) is 0 Å². The molecule has 1 unspecified atom stereocenters. The Bertz CT molecular complexity index is 378. The van der Waals surface area contributed by atoms with Crippen LogP contribution in [0, 0.1) is 3.57 Å². The van der Waals surface area contributed by atoms with Crippen molar-refractivity contribution in [2.75, 3.05) is 10.6 Å². The maximum absolute atomic E-state index is 11.4. The van der Waals surface area contributed by atoms with Crippen molar-refractivity contribution in [3.8, 4) is 0 Å². The van der Waals surface area contributed by atoms with Crippen LogP contribution in [0.25, 0.3) is 0 Å². The van der Waals surface area contributed by atoms with Crippen molar-refractivity contribution in [3.05, 3.63) is 21.8 Å². The first-order valence-electron chi connectivity index (χ1n) is 4.51. The number of hydrogen-bond donors (Lipinski definition) is 2. The van der Waals surface area contributed by atoms with Gasteiger partial charge in [0, 0.05) is 16.0 Å². The summed E-state index contributed by atoms with van der Waals surface area (Å²) < 4.78 is 1.12. The number of benzene rings is 1. The lowest BCUT2D eigenvalue weighted by atomic mass is 10.2. The SMILES string of the molecule is CC1CC(=O)Nc2cc(I)ccc2N1. The fourth-order valence-electron chi connectivity index (χ4n) is 1.54. The number of anilines is 2. The van der Waals surface area contributed by atoms with Crippen molar-refractivity contribution in [1.29, 1.82) is 0 Å². The predicted molar refractivity (Wildman–Crippen MR) is 65.5 cm³/mol. The maximum Gasteiger partial charge on any atom is 0.226 e. The molecule has 74 valence electrons. The van der Waals surface area contributed by atoms with Gasteiger partial charge in [-0.05, 0) is 47.7 Å². The van der Waals surface area contributed by atoms with E-state index in [-0.39, 0.29) is 11.9 Å². The van der Waals surface area contributed by atoms with Crippen molar-refractivity contribution in [2.24, 2.45) is 0 Å². The molecule has 0 saturated heterocycles. The van der Waals surface area contributed by atoms with Gasteiger partial charge in [0.05, 0.1) is 11.4 Å². The number of amides is 1. The molecule has 0 bridgehead atoms. The van der Waals surface area contributed by atoms with Gasteiger partial charge in [0.2, 0.25) is 5.91 Å². The molecule has 0 spiro atoms. The molecule has 0 aromatic heterocycles. The van der Waals surface area contributed by atoms with E-state index in [1.807, 2.05) is 25.1 Å². The summed E-state index contributed by atoms with van der Waals surface area (Å²) in [6.45, 7) is 2.01. The molecular weight excluding hydrogens is 291 g/mol. The molecule has 2 N–H and O–H groups in total. The Hall–Kier alpha value is -0.780. The van der Waals surface area contributed by atoms with Crippen LogP contribution in [-0.4, -0.2) is 11.9 Å². The first-order chi connectivity index (χ1) is 6.65. The van der Waals surface area contributed by atoms with Gasteiger partial charge in [0.25, 0.3) is 0 Å². The zero-order chi connectivity index (χ0) is 10.1. The summed E-state index contributed by atoms with van der Waals surface area (Å²) in [7, 11) is 0. The van der Waals surface area contributed by atoms with Crippen molar-refractivity contribution >= 4 is 39.9 Å². The highest BCUT2D eigenvalue weighted by molar-refractivity contribution is 14.1. The molecule has 14 heavy (non-hydrogen) atoms. The smallest absolute Gasteiger partial charge is 0.226 e. The van der Waals surface area contributed by atoms with E-state index in [1.165, 1.54) is 0 Å². The molecule has 4 heteroatoms. The van der Waals surface area contributed by atoms with E-state index in [4.69, 9.17) is 0 Å². The second-order valence-electron chi connectivity index (χ2n) is 3.49. The van der Waals surface area contributed by atoms with Crippen LogP contribution < -0.4 is 10.6 Å². The molecule has 1 atom stereocenters. The molecule has 3 nitrogen and oxygen atoms in total. The summed E-state index contributed by atoms with van der Waals surface area (Å²) in [6, 6.07) is 6.19. The summed E-state index contributed by atoms with van der Waals surface area (Å²) in [4.78, 5) is 11.4. The zero-order valence-electron chi connectivity index (χ0n) is 7.80. The van der Waals surface area contributed by atoms with Gasteiger partial charge in [-0.2, -0.15) is 0 Å². The molecule has 2 rings (SSSR count). The Morgan fingerprint density at radius 1 is 1.43 bits per heavy atom. The van der Waals surface area contributed by atoms with Crippen LogP contribution >= 0.6 is 22.6 Å². The van der Waals surface area contributed by atoms with Gasteiger partial charge >= 0.3 is 0 Å². The van der Waals surface area contributed by atoms with E-state index in [0.717, 1.165) is 14.9 Å². The molecule has 1 heterocycles. The molecular formula is C10H11IN2O. The highest BCUT2D eigenvalue weighted by atomic mass is 127. The molecule has 1 aromatic rings. The Labute approximate surface area is 96.4 Å². The Kier molecular flexibility index (Phi) is 2.62. The summed E-state index contributed by atoms with van der Waals surface area (Å²) in [5.74, 6) is 0.0748. The van der Waals surface area contributed by atoms with E-state index in [2.05, 4.69) is 33.2 Å². The lowest BCUT2D eigenvalue weighted by Gasteiger charge is -2.11. The van der Waals surface area contributed by atoms with Crippen molar-refractivity contribution in [2.45, 2.75) is 19.4 Å². The maximum atomic E-state index is 11.4. The average molecular weight is 302 g/mol. The fraction of sp³-hybridized carbons (Fsp3) is 0.300. The molecule has 0 saturated carbocycles. The summed E-state index contributed by atoms with van der Waals surface area (Å²) in [5.41, 5.74) is 1.88. The Morgan fingerprint density at radius 2 is 2.21 bits per heavy atom. The second kappa shape index (κ2) is 3.76. The van der Waals surface area contributed by atoms with Crippen LogP contribution in [0.4, 0.5) is 11.4 Å². The number of carbonyl (C=O) groups excluding carboxylic acids is 1. The molecule has 0 aliphatic carbocycles. The largest absolute Gasteiger partial charge is 0.380 e. The molecule has 1 aliphatic rings. The molecule has 0 radical (unpaired) electrons. The number of carbonyl (C=O) groups is 1. The number of fused-ring (bicyclic) bond motifs is 1.